The summed E-state index contributed by atoms with van der Waals surface area (Å²) in [6.45, 7) is 0. The zero-order valence-corrected chi connectivity index (χ0v) is 11.0. The molecule has 0 radical (unpaired) electrons. The number of aromatic nitrogens is 1. The second-order valence-corrected chi connectivity index (χ2v) is 4.32. The Morgan fingerprint density at radius 1 is 1.43 bits per heavy atom. The summed E-state index contributed by atoms with van der Waals surface area (Å²) in [5.41, 5.74) is -0.556. The van der Waals surface area contributed by atoms with Crippen LogP contribution in [0, 0.1) is 15.9 Å². The number of hydrogen-bond acceptors (Lipinski definition) is 5. The predicted octanol–water partition coefficient (Wildman–Crippen LogP) is 3.22. The molecule has 0 aliphatic rings. The molecule has 1 aromatic carbocycles. The van der Waals surface area contributed by atoms with Crippen molar-refractivity contribution in [1.82, 2.24) is 4.98 Å². The number of halogens is 2. The Morgan fingerprint density at radius 3 is 2.71 bits per heavy atom. The maximum atomic E-state index is 13.0. The van der Waals surface area contributed by atoms with E-state index in [9.17, 15) is 19.3 Å². The van der Waals surface area contributed by atoms with Crippen LogP contribution in [0.4, 0.5) is 21.6 Å². The van der Waals surface area contributed by atoms with Crippen molar-refractivity contribution in [1.29, 1.82) is 0 Å². The van der Waals surface area contributed by atoms with Gasteiger partial charge in [0.05, 0.1) is 15.5 Å². The van der Waals surface area contributed by atoms with E-state index in [0.717, 1.165) is 18.3 Å². The summed E-state index contributed by atoms with van der Waals surface area (Å²) < 4.78 is 13.0. The van der Waals surface area contributed by atoms with Gasteiger partial charge in [0.15, 0.2) is 0 Å². The number of aromatic carboxylic acids is 1. The lowest BCUT2D eigenvalue weighted by Gasteiger charge is -2.07. The number of carbonyl (C=O) groups is 1. The molecule has 21 heavy (non-hydrogen) atoms. The first-order valence-corrected chi connectivity index (χ1v) is 5.86. The molecule has 1 aromatic heterocycles. The normalized spacial score (nSPS) is 10.2. The van der Waals surface area contributed by atoms with Crippen molar-refractivity contribution < 1.29 is 19.2 Å². The first-order valence-electron chi connectivity index (χ1n) is 5.48. The SMILES string of the molecule is O=C(O)c1cnc(Nc2ccc(F)c(Cl)c2)c([N+](=O)[O-])c1. The van der Waals surface area contributed by atoms with Crippen LogP contribution in [0.5, 0.6) is 0 Å². The molecule has 0 saturated heterocycles. The quantitative estimate of drug-likeness (QED) is 0.663. The van der Waals surface area contributed by atoms with Gasteiger partial charge in [-0.05, 0) is 18.2 Å². The number of pyridine rings is 1. The number of rotatable bonds is 4. The highest BCUT2D eigenvalue weighted by Gasteiger charge is 2.19. The third-order valence-electron chi connectivity index (χ3n) is 2.49. The second-order valence-electron chi connectivity index (χ2n) is 3.91. The number of anilines is 2. The number of carboxylic acid groups (broad SMARTS) is 1. The van der Waals surface area contributed by atoms with E-state index in [1.54, 1.807) is 0 Å². The Morgan fingerprint density at radius 2 is 2.14 bits per heavy atom. The number of hydrogen-bond donors (Lipinski definition) is 2. The molecular formula is C12H7ClFN3O4. The van der Waals surface area contributed by atoms with E-state index in [1.807, 2.05) is 0 Å². The topological polar surface area (TPSA) is 105 Å². The maximum absolute atomic E-state index is 13.0. The van der Waals surface area contributed by atoms with E-state index in [1.165, 1.54) is 12.1 Å². The third-order valence-corrected chi connectivity index (χ3v) is 2.78. The van der Waals surface area contributed by atoms with Crippen LogP contribution in [0.15, 0.2) is 30.5 Å². The lowest BCUT2D eigenvalue weighted by molar-refractivity contribution is -0.384. The average molecular weight is 312 g/mol. The molecule has 108 valence electrons. The third kappa shape index (κ3) is 3.23. The largest absolute Gasteiger partial charge is 0.478 e. The minimum atomic E-state index is -1.33. The molecule has 0 unspecified atom stereocenters. The summed E-state index contributed by atoms with van der Waals surface area (Å²) in [7, 11) is 0. The number of benzene rings is 1. The molecule has 1 heterocycles. The van der Waals surface area contributed by atoms with Crippen LogP contribution in [0.1, 0.15) is 10.4 Å². The fourth-order valence-corrected chi connectivity index (χ4v) is 1.70. The molecule has 0 amide bonds. The summed E-state index contributed by atoms with van der Waals surface area (Å²) >= 11 is 5.60. The van der Waals surface area contributed by atoms with Gasteiger partial charge in [-0.15, -0.1) is 0 Å². The predicted molar refractivity (Wildman–Crippen MR) is 72.5 cm³/mol. The molecule has 0 spiro atoms. The summed E-state index contributed by atoms with van der Waals surface area (Å²) in [6, 6.07) is 4.51. The van der Waals surface area contributed by atoms with Crippen molar-refractivity contribution in [3.8, 4) is 0 Å². The van der Waals surface area contributed by atoms with Gasteiger partial charge >= 0.3 is 11.7 Å². The van der Waals surface area contributed by atoms with Gasteiger partial charge in [-0.3, -0.25) is 10.1 Å². The Bertz CT molecular complexity index is 738. The fourth-order valence-electron chi connectivity index (χ4n) is 1.52. The van der Waals surface area contributed by atoms with Crippen LogP contribution in [0.2, 0.25) is 5.02 Å². The van der Waals surface area contributed by atoms with E-state index >= 15 is 0 Å². The second kappa shape index (κ2) is 5.71. The Hall–Kier alpha value is -2.74. The molecule has 0 saturated carbocycles. The van der Waals surface area contributed by atoms with Crippen LogP contribution in [0.25, 0.3) is 0 Å². The summed E-state index contributed by atoms with van der Waals surface area (Å²) in [6.07, 6.45) is 0.975. The number of nitro groups is 1. The van der Waals surface area contributed by atoms with Gasteiger partial charge in [-0.1, -0.05) is 11.6 Å². The summed E-state index contributed by atoms with van der Waals surface area (Å²) in [5.74, 6) is -2.14. The van der Waals surface area contributed by atoms with Gasteiger partial charge < -0.3 is 10.4 Å². The van der Waals surface area contributed by atoms with Crippen molar-refractivity contribution in [2.75, 3.05) is 5.32 Å². The van der Waals surface area contributed by atoms with Crippen LogP contribution in [-0.4, -0.2) is 21.0 Å². The molecule has 2 N–H and O–H groups in total. The summed E-state index contributed by atoms with van der Waals surface area (Å²) in [4.78, 5) is 24.7. The van der Waals surface area contributed by atoms with E-state index in [0.29, 0.717) is 0 Å². The standard InChI is InChI=1S/C12H7ClFN3O4/c13-8-4-7(1-2-9(8)14)16-11-10(17(20)21)3-6(5-15-11)12(18)19/h1-5H,(H,15,16)(H,18,19). The highest BCUT2D eigenvalue weighted by molar-refractivity contribution is 6.31. The van der Waals surface area contributed by atoms with Crippen LogP contribution in [0.3, 0.4) is 0 Å². The van der Waals surface area contributed by atoms with E-state index in [2.05, 4.69) is 10.3 Å². The van der Waals surface area contributed by atoms with E-state index < -0.39 is 22.4 Å². The Labute approximate surface area is 122 Å². The lowest BCUT2D eigenvalue weighted by Crippen LogP contribution is -2.04. The summed E-state index contributed by atoms with van der Waals surface area (Å²) in [5, 5.41) is 22.2. The zero-order valence-electron chi connectivity index (χ0n) is 10.2. The molecule has 0 atom stereocenters. The first-order chi connectivity index (χ1) is 9.88. The Balaban J connectivity index is 2.41. The van der Waals surface area contributed by atoms with Gasteiger partial charge in [-0.25, -0.2) is 14.2 Å². The van der Waals surface area contributed by atoms with Crippen molar-refractivity contribution in [3.63, 3.8) is 0 Å². The van der Waals surface area contributed by atoms with Gasteiger partial charge in [0.2, 0.25) is 5.82 Å². The monoisotopic (exact) mass is 311 g/mol. The molecule has 2 rings (SSSR count). The van der Waals surface area contributed by atoms with Gasteiger partial charge in [0.25, 0.3) is 0 Å². The minimum Gasteiger partial charge on any atom is -0.478 e. The van der Waals surface area contributed by atoms with Crippen molar-refractivity contribution in [2.45, 2.75) is 0 Å². The fraction of sp³-hybridized carbons (Fsp3) is 0. The number of nitrogens with one attached hydrogen (secondary N) is 1. The zero-order chi connectivity index (χ0) is 15.6. The number of carboxylic acids is 1. The first kappa shape index (κ1) is 14.7. The minimum absolute atomic E-state index is 0.162. The van der Waals surface area contributed by atoms with E-state index in [-0.39, 0.29) is 22.1 Å². The van der Waals surface area contributed by atoms with Crippen LogP contribution in [-0.2, 0) is 0 Å². The molecule has 2 aromatic rings. The molecule has 0 aliphatic heterocycles. The maximum Gasteiger partial charge on any atom is 0.337 e. The van der Waals surface area contributed by atoms with Gasteiger partial charge in [0, 0.05) is 18.0 Å². The molecule has 0 fully saturated rings. The van der Waals surface area contributed by atoms with Crippen molar-refractivity contribution in [2.24, 2.45) is 0 Å². The highest BCUT2D eigenvalue weighted by atomic mass is 35.5. The molecule has 9 heteroatoms. The van der Waals surface area contributed by atoms with Crippen molar-refractivity contribution in [3.05, 3.63) is 57.0 Å². The molecule has 0 bridgehead atoms. The molecular weight excluding hydrogens is 305 g/mol. The van der Waals surface area contributed by atoms with Crippen LogP contribution < -0.4 is 5.32 Å². The average Bonchev–Trinajstić information content (AvgIpc) is 2.43. The Kier molecular flexibility index (Phi) is 3.99. The van der Waals surface area contributed by atoms with Gasteiger partial charge in [-0.2, -0.15) is 0 Å². The van der Waals surface area contributed by atoms with E-state index in [4.69, 9.17) is 16.7 Å². The lowest BCUT2D eigenvalue weighted by atomic mass is 10.2. The van der Waals surface area contributed by atoms with Crippen LogP contribution >= 0.6 is 11.6 Å². The highest BCUT2D eigenvalue weighted by Crippen LogP contribution is 2.28. The smallest absolute Gasteiger partial charge is 0.337 e. The van der Waals surface area contributed by atoms with Gasteiger partial charge in [0.1, 0.15) is 5.82 Å². The van der Waals surface area contributed by atoms with Crippen molar-refractivity contribution >= 4 is 34.8 Å². The molecule has 0 aliphatic carbocycles. The number of nitrogens with zero attached hydrogens (tertiary/aromatic N) is 2. The molecule has 7 nitrogen and oxygen atoms in total.